The van der Waals surface area contributed by atoms with Crippen molar-refractivity contribution in [2.75, 3.05) is 13.1 Å². The van der Waals surface area contributed by atoms with Crippen molar-refractivity contribution in [3.05, 3.63) is 22.4 Å². The van der Waals surface area contributed by atoms with Crippen LogP contribution in [0, 0.1) is 0 Å². The molecule has 1 aromatic rings. The molecular formula is C17H28N2O2S. The Morgan fingerprint density at radius 2 is 2.32 bits per heavy atom. The monoisotopic (exact) mass is 324 g/mol. The number of nitrogens with one attached hydrogen (secondary N) is 1. The SMILES string of the molecule is CC(Cc1ccsc1)NCC1CCCN1C(=O)OC(C)(C)C. The number of hydrogen-bond donors (Lipinski definition) is 1. The highest BCUT2D eigenvalue weighted by Gasteiger charge is 2.32. The molecule has 124 valence electrons. The minimum Gasteiger partial charge on any atom is -0.444 e. The molecular weight excluding hydrogens is 296 g/mol. The lowest BCUT2D eigenvalue weighted by molar-refractivity contribution is 0.0225. The lowest BCUT2D eigenvalue weighted by Crippen LogP contribution is -2.45. The van der Waals surface area contributed by atoms with E-state index in [4.69, 9.17) is 4.74 Å². The fourth-order valence-corrected chi connectivity index (χ4v) is 3.46. The zero-order valence-electron chi connectivity index (χ0n) is 14.1. The number of nitrogens with zero attached hydrogens (tertiary/aromatic N) is 1. The number of thiophene rings is 1. The second-order valence-electron chi connectivity index (χ2n) is 7.11. The van der Waals surface area contributed by atoms with E-state index in [9.17, 15) is 4.79 Å². The van der Waals surface area contributed by atoms with Crippen molar-refractivity contribution in [1.29, 1.82) is 0 Å². The minimum absolute atomic E-state index is 0.178. The number of hydrogen-bond acceptors (Lipinski definition) is 4. The minimum atomic E-state index is -0.427. The van der Waals surface area contributed by atoms with Gasteiger partial charge in [-0.2, -0.15) is 11.3 Å². The highest BCUT2D eigenvalue weighted by molar-refractivity contribution is 7.07. The second-order valence-corrected chi connectivity index (χ2v) is 7.89. The van der Waals surface area contributed by atoms with Gasteiger partial charge in [0.2, 0.25) is 0 Å². The number of likely N-dealkylation sites (tertiary alicyclic amines) is 1. The molecule has 2 unspecified atom stereocenters. The van der Waals surface area contributed by atoms with Gasteiger partial charge in [0, 0.05) is 25.2 Å². The van der Waals surface area contributed by atoms with Gasteiger partial charge in [-0.1, -0.05) is 0 Å². The van der Waals surface area contributed by atoms with E-state index in [1.807, 2.05) is 25.7 Å². The zero-order valence-corrected chi connectivity index (χ0v) is 14.9. The summed E-state index contributed by atoms with van der Waals surface area (Å²) in [5.74, 6) is 0. The van der Waals surface area contributed by atoms with Crippen LogP contribution in [0.5, 0.6) is 0 Å². The predicted octanol–water partition coefficient (Wildman–Crippen LogP) is 3.67. The molecule has 5 heteroatoms. The summed E-state index contributed by atoms with van der Waals surface area (Å²) >= 11 is 1.74. The van der Waals surface area contributed by atoms with Gasteiger partial charge in [0.25, 0.3) is 0 Å². The molecule has 0 bridgehead atoms. The molecule has 1 fully saturated rings. The molecule has 1 aliphatic rings. The van der Waals surface area contributed by atoms with Crippen LogP contribution >= 0.6 is 11.3 Å². The second kappa shape index (κ2) is 7.47. The van der Waals surface area contributed by atoms with Crippen LogP contribution < -0.4 is 5.32 Å². The summed E-state index contributed by atoms with van der Waals surface area (Å²) in [7, 11) is 0. The number of amides is 1. The normalized spacial score (nSPS) is 20.2. The molecule has 1 N–H and O–H groups in total. The third-order valence-electron chi connectivity index (χ3n) is 3.83. The number of rotatable bonds is 5. The average molecular weight is 324 g/mol. The van der Waals surface area contributed by atoms with E-state index in [1.54, 1.807) is 11.3 Å². The summed E-state index contributed by atoms with van der Waals surface area (Å²) in [6.07, 6.45) is 2.96. The summed E-state index contributed by atoms with van der Waals surface area (Å²) in [4.78, 5) is 14.1. The number of carbonyl (C=O) groups is 1. The summed E-state index contributed by atoms with van der Waals surface area (Å²) in [5.41, 5.74) is 0.949. The molecule has 1 aliphatic heterocycles. The maximum Gasteiger partial charge on any atom is 0.410 e. The Bertz CT molecular complexity index is 468. The largest absolute Gasteiger partial charge is 0.444 e. The lowest BCUT2D eigenvalue weighted by Gasteiger charge is -2.29. The molecule has 1 saturated heterocycles. The van der Waals surface area contributed by atoms with Crippen LogP contribution in [0.4, 0.5) is 4.79 Å². The number of ether oxygens (including phenoxy) is 1. The standard InChI is InChI=1S/C17H28N2O2S/c1-13(10-14-7-9-22-12-14)18-11-15-6-5-8-19(15)16(20)21-17(2,3)4/h7,9,12-13,15,18H,5-6,8,10-11H2,1-4H3. The third kappa shape index (κ3) is 5.29. The van der Waals surface area contributed by atoms with Gasteiger partial charge in [0.05, 0.1) is 0 Å². The summed E-state index contributed by atoms with van der Waals surface area (Å²) < 4.78 is 5.50. The molecule has 2 heterocycles. The molecule has 1 aromatic heterocycles. The van der Waals surface area contributed by atoms with Crippen molar-refractivity contribution in [3.63, 3.8) is 0 Å². The van der Waals surface area contributed by atoms with E-state index in [2.05, 4.69) is 29.1 Å². The van der Waals surface area contributed by atoms with Gasteiger partial charge in [-0.05, 0) is 69.3 Å². The number of carbonyl (C=O) groups excluding carboxylic acids is 1. The van der Waals surface area contributed by atoms with E-state index in [1.165, 1.54) is 5.56 Å². The first-order valence-electron chi connectivity index (χ1n) is 8.09. The molecule has 2 rings (SSSR count). The predicted molar refractivity (Wildman–Crippen MR) is 91.4 cm³/mol. The summed E-state index contributed by atoms with van der Waals surface area (Å²) in [6, 6.07) is 2.83. The first-order chi connectivity index (χ1) is 10.3. The lowest BCUT2D eigenvalue weighted by atomic mass is 10.1. The Hall–Kier alpha value is -1.07. The zero-order chi connectivity index (χ0) is 16.2. The first-order valence-corrected chi connectivity index (χ1v) is 9.03. The van der Waals surface area contributed by atoms with Crippen LogP contribution in [0.1, 0.15) is 46.1 Å². The molecule has 0 aliphatic carbocycles. The molecule has 0 spiro atoms. The van der Waals surface area contributed by atoms with Gasteiger partial charge < -0.3 is 15.0 Å². The van der Waals surface area contributed by atoms with Crippen molar-refractivity contribution < 1.29 is 9.53 Å². The average Bonchev–Trinajstić information content (AvgIpc) is 3.04. The Kier molecular flexibility index (Phi) is 5.87. The fourth-order valence-electron chi connectivity index (χ4n) is 2.78. The van der Waals surface area contributed by atoms with Gasteiger partial charge in [-0.15, -0.1) is 0 Å². The van der Waals surface area contributed by atoms with Crippen LogP contribution in [0.2, 0.25) is 0 Å². The van der Waals surface area contributed by atoms with Gasteiger partial charge in [-0.25, -0.2) is 4.79 Å². The molecule has 2 atom stereocenters. The van der Waals surface area contributed by atoms with Crippen molar-refractivity contribution >= 4 is 17.4 Å². The Morgan fingerprint density at radius 1 is 1.55 bits per heavy atom. The Morgan fingerprint density at radius 3 is 2.95 bits per heavy atom. The third-order valence-corrected chi connectivity index (χ3v) is 4.56. The molecule has 1 amide bonds. The van der Waals surface area contributed by atoms with Crippen molar-refractivity contribution in [1.82, 2.24) is 10.2 Å². The molecule has 4 nitrogen and oxygen atoms in total. The van der Waals surface area contributed by atoms with E-state index in [0.717, 1.165) is 32.4 Å². The van der Waals surface area contributed by atoms with Crippen LogP contribution in [0.3, 0.4) is 0 Å². The maximum atomic E-state index is 12.2. The van der Waals surface area contributed by atoms with E-state index in [0.29, 0.717) is 6.04 Å². The van der Waals surface area contributed by atoms with Crippen molar-refractivity contribution in [2.45, 2.75) is 64.6 Å². The summed E-state index contributed by atoms with van der Waals surface area (Å²) in [5, 5.41) is 7.88. The van der Waals surface area contributed by atoms with Crippen LogP contribution in [-0.2, 0) is 11.2 Å². The maximum absolute atomic E-state index is 12.2. The van der Waals surface area contributed by atoms with Crippen LogP contribution in [0.15, 0.2) is 16.8 Å². The molecule has 0 aromatic carbocycles. The van der Waals surface area contributed by atoms with E-state index < -0.39 is 5.60 Å². The fraction of sp³-hybridized carbons (Fsp3) is 0.706. The van der Waals surface area contributed by atoms with Crippen LogP contribution in [0.25, 0.3) is 0 Å². The topological polar surface area (TPSA) is 41.6 Å². The molecule has 0 radical (unpaired) electrons. The molecule has 22 heavy (non-hydrogen) atoms. The van der Waals surface area contributed by atoms with Gasteiger partial charge in [0.15, 0.2) is 0 Å². The van der Waals surface area contributed by atoms with Crippen molar-refractivity contribution in [2.24, 2.45) is 0 Å². The molecule has 0 saturated carbocycles. The van der Waals surface area contributed by atoms with Gasteiger partial charge in [-0.3, -0.25) is 0 Å². The van der Waals surface area contributed by atoms with E-state index in [-0.39, 0.29) is 12.1 Å². The van der Waals surface area contributed by atoms with E-state index >= 15 is 0 Å². The highest BCUT2D eigenvalue weighted by atomic mass is 32.1. The van der Waals surface area contributed by atoms with Gasteiger partial charge in [0.1, 0.15) is 5.60 Å². The summed E-state index contributed by atoms with van der Waals surface area (Å²) in [6.45, 7) is 9.58. The Labute approximate surface area is 137 Å². The quantitative estimate of drug-likeness (QED) is 0.898. The first kappa shape index (κ1) is 17.3. The van der Waals surface area contributed by atoms with Gasteiger partial charge >= 0.3 is 6.09 Å². The Balaban J connectivity index is 1.79. The van der Waals surface area contributed by atoms with Crippen LogP contribution in [-0.4, -0.2) is 41.8 Å². The smallest absolute Gasteiger partial charge is 0.410 e. The van der Waals surface area contributed by atoms with Crippen molar-refractivity contribution in [3.8, 4) is 0 Å². The highest BCUT2D eigenvalue weighted by Crippen LogP contribution is 2.20.